The summed E-state index contributed by atoms with van der Waals surface area (Å²) >= 11 is 11.9. The number of nitro groups is 1. The Bertz CT molecular complexity index is 901. The molecule has 3 rings (SSSR count). The zero-order valence-corrected chi connectivity index (χ0v) is 14.1. The quantitative estimate of drug-likeness (QED) is 0.471. The zero-order valence-electron chi connectivity index (χ0n) is 12.6. The third-order valence-corrected chi connectivity index (χ3v) is 3.60. The first kappa shape index (κ1) is 16.9. The van der Waals surface area contributed by atoms with Gasteiger partial charge >= 0.3 is 5.69 Å². The molecule has 1 aromatic heterocycles. The summed E-state index contributed by atoms with van der Waals surface area (Å²) in [5.74, 6) is 0.0959. The number of anilines is 4. The first-order valence-electron chi connectivity index (χ1n) is 7.07. The second-order valence-electron chi connectivity index (χ2n) is 4.95. The summed E-state index contributed by atoms with van der Waals surface area (Å²) in [5.41, 5.74) is 0.855. The molecule has 0 aliphatic carbocycles. The fraction of sp³-hybridized carbons (Fsp3) is 0. The Balaban J connectivity index is 1.99. The maximum Gasteiger partial charge on any atom is 0.353 e. The van der Waals surface area contributed by atoms with E-state index in [9.17, 15) is 10.1 Å². The number of para-hydroxylation sites is 1. The van der Waals surface area contributed by atoms with Crippen LogP contribution in [0.1, 0.15) is 0 Å². The maximum atomic E-state index is 11.6. The van der Waals surface area contributed by atoms with Gasteiger partial charge in [0.15, 0.2) is 0 Å². The van der Waals surface area contributed by atoms with E-state index in [1.54, 1.807) is 30.3 Å². The summed E-state index contributed by atoms with van der Waals surface area (Å²) in [4.78, 5) is 18.9. The normalized spacial score (nSPS) is 10.3. The average molecular weight is 376 g/mol. The van der Waals surface area contributed by atoms with Gasteiger partial charge in [-0.25, -0.2) is 9.97 Å². The van der Waals surface area contributed by atoms with Crippen molar-refractivity contribution in [3.8, 4) is 0 Å². The first-order chi connectivity index (χ1) is 12.0. The van der Waals surface area contributed by atoms with Gasteiger partial charge in [0.05, 0.1) is 4.92 Å². The van der Waals surface area contributed by atoms with E-state index in [-0.39, 0.29) is 17.3 Å². The lowest BCUT2D eigenvalue weighted by atomic mass is 10.3. The lowest BCUT2D eigenvalue weighted by molar-refractivity contribution is -0.383. The van der Waals surface area contributed by atoms with Gasteiger partial charge in [-0.1, -0.05) is 41.4 Å². The molecule has 0 atom stereocenters. The molecule has 0 fully saturated rings. The Morgan fingerprint density at radius 3 is 2.00 bits per heavy atom. The molecular weight excluding hydrogens is 365 g/mol. The van der Waals surface area contributed by atoms with Crippen LogP contribution >= 0.6 is 23.2 Å². The second kappa shape index (κ2) is 7.33. The highest BCUT2D eigenvalue weighted by molar-refractivity contribution is 6.35. The van der Waals surface area contributed by atoms with Gasteiger partial charge < -0.3 is 10.6 Å². The summed E-state index contributed by atoms with van der Waals surface area (Å²) in [6.45, 7) is 0. The Kier molecular flexibility index (Phi) is 4.97. The van der Waals surface area contributed by atoms with Crippen LogP contribution < -0.4 is 10.6 Å². The van der Waals surface area contributed by atoms with Crippen molar-refractivity contribution in [1.82, 2.24) is 9.97 Å². The molecule has 0 aliphatic heterocycles. The van der Waals surface area contributed by atoms with Gasteiger partial charge in [0.1, 0.15) is 6.33 Å². The molecule has 2 aromatic carbocycles. The minimum absolute atomic E-state index is 0.0248. The van der Waals surface area contributed by atoms with Crippen molar-refractivity contribution in [1.29, 1.82) is 0 Å². The van der Waals surface area contributed by atoms with Crippen molar-refractivity contribution in [2.24, 2.45) is 0 Å². The number of hydrogen-bond acceptors (Lipinski definition) is 6. The largest absolute Gasteiger partial charge is 0.353 e. The van der Waals surface area contributed by atoms with E-state index in [1.165, 1.54) is 6.33 Å². The lowest BCUT2D eigenvalue weighted by Crippen LogP contribution is -2.05. The van der Waals surface area contributed by atoms with E-state index in [0.29, 0.717) is 21.4 Å². The van der Waals surface area contributed by atoms with Crippen LogP contribution in [-0.4, -0.2) is 14.9 Å². The summed E-state index contributed by atoms with van der Waals surface area (Å²) in [6.07, 6.45) is 1.23. The number of rotatable bonds is 5. The van der Waals surface area contributed by atoms with Crippen LogP contribution in [-0.2, 0) is 0 Å². The molecule has 2 N–H and O–H groups in total. The van der Waals surface area contributed by atoms with Crippen LogP contribution in [0, 0.1) is 10.1 Å². The standard InChI is InChI=1S/C16H11Cl2N5O2/c17-10-6-11(18)8-13(7-10)22-16-14(23(24)25)15(19-9-20-16)21-12-4-2-1-3-5-12/h1-9H,(H2,19,20,21,22). The van der Waals surface area contributed by atoms with Crippen molar-refractivity contribution in [2.75, 3.05) is 10.6 Å². The van der Waals surface area contributed by atoms with Crippen LogP contribution in [0.4, 0.5) is 28.7 Å². The van der Waals surface area contributed by atoms with Gasteiger partial charge in [-0.2, -0.15) is 0 Å². The molecule has 0 unspecified atom stereocenters. The highest BCUT2D eigenvalue weighted by Gasteiger charge is 2.23. The van der Waals surface area contributed by atoms with Crippen molar-refractivity contribution in [3.05, 3.63) is 75.0 Å². The first-order valence-corrected chi connectivity index (χ1v) is 7.83. The fourth-order valence-corrected chi connectivity index (χ4v) is 2.68. The molecule has 0 bridgehead atoms. The number of hydrogen-bond donors (Lipinski definition) is 2. The number of nitrogens with zero attached hydrogens (tertiary/aromatic N) is 3. The molecule has 0 spiro atoms. The molecule has 0 radical (unpaired) electrons. The third-order valence-electron chi connectivity index (χ3n) is 3.17. The Labute approximate surface area is 152 Å². The highest BCUT2D eigenvalue weighted by atomic mass is 35.5. The summed E-state index contributed by atoms with van der Waals surface area (Å²) in [7, 11) is 0. The zero-order chi connectivity index (χ0) is 17.8. The number of nitrogens with one attached hydrogen (secondary N) is 2. The van der Waals surface area contributed by atoms with Crippen LogP contribution in [0.15, 0.2) is 54.9 Å². The fourth-order valence-electron chi connectivity index (χ4n) is 2.16. The Morgan fingerprint density at radius 1 is 0.880 bits per heavy atom. The van der Waals surface area contributed by atoms with Crippen LogP contribution in [0.5, 0.6) is 0 Å². The van der Waals surface area contributed by atoms with E-state index in [2.05, 4.69) is 20.6 Å². The molecule has 0 saturated carbocycles. The van der Waals surface area contributed by atoms with Crippen LogP contribution in [0.25, 0.3) is 0 Å². The second-order valence-corrected chi connectivity index (χ2v) is 5.82. The SMILES string of the molecule is O=[N+]([O-])c1c(Nc2ccccc2)ncnc1Nc1cc(Cl)cc(Cl)c1. The summed E-state index contributed by atoms with van der Waals surface area (Å²) in [5, 5.41) is 18.1. The van der Waals surface area contributed by atoms with Gasteiger partial charge in [0.2, 0.25) is 11.6 Å². The van der Waals surface area contributed by atoms with Crippen molar-refractivity contribution in [3.63, 3.8) is 0 Å². The van der Waals surface area contributed by atoms with E-state index >= 15 is 0 Å². The molecular formula is C16H11Cl2N5O2. The predicted octanol–water partition coefficient (Wildman–Crippen LogP) is 5.18. The lowest BCUT2D eigenvalue weighted by Gasteiger charge is -2.10. The van der Waals surface area contributed by atoms with Crippen molar-refractivity contribution in [2.45, 2.75) is 0 Å². The van der Waals surface area contributed by atoms with Crippen molar-refractivity contribution >= 4 is 51.9 Å². The number of halogens is 2. The van der Waals surface area contributed by atoms with E-state index in [1.807, 2.05) is 18.2 Å². The molecule has 0 amide bonds. The van der Waals surface area contributed by atoms with E-state index in [0.717, 1.165) is 0 Å². The van der Waals surface area contributed by atoms with E-state index in [4.69, 9.17) is 23.2 Å². The Hall–Kier alpha value is -2.90. The maximum absolute atomic E-state index is 11.6. The third kappa shape index (κ3) is 4.14. The molecule has 3 aromatic rings. The van der Waals surface area contributed by atoms with Crippen LogP contribution in [0.3, 0.4) is 0 Å². The molecule has 1 heterocycles. The number of benzene rings is 2. The van der Waals surface area contributed by atoms with Gasteiger partial charge in [0.25, 0.3) is 0 Å². The van der Waals surface area contributed by atoms with Crippen molar-refractivity contribution < 1.29 is 4.92 Å². The molecule has 9 heteroatoms. The summed E-state index contributed by atoms with van der Waals surface area (Å²) < 4.78 is 0. The van der Waals surface area contributed by atoms with Gasteiger partial charge in [-0.05, 0) is 30.3 Å². The van der Waals surface area contributed by atoms with E-state index < -0.39 is 4.92 Å². The number of aromatic nitrogens is 2. The topological polar surface area (TPSA) is 93.0 Å². The predicted molar refractivity (Wildman–Crippen MR) is 98.2 cm³/mol. The minimum Gasteiger partial charge on any atom is -0.334 e. The molecule has 25 heavy (non-hydrogen) atoms. The molecule has 7 nitrogen and oxygen atoms in total. The van der Waals surface area contributed by atoms with Crippen LogP contribution in [0.2, 0.25) is 10.0 Å². The smallest absolute Gasteiger partial charge is 0.334 e. The highest BCUT2D eigenvalue weighted by Crippen LogP contribution is 2.34. The minimum atomic E-state index is -0.556. The van der Waals surface area contributed by atoms with Gasteiger partial charge in [-0.3, -0.25) is 10.1 Å². The average Bonchev–Trinajstić information content (AvgIpc) is 2.54. The monoisotopic (exact) mass is 375 g/mol. The van der Waals surface area contributed by atoms with Gasteiger partial charge in [0, 0.05) is 21.4 Å². The summed E-state index contributed by atoms with van der Waals surface area (Å²) in [6, 6.07) is 13.7. The molecule has 126 valence electrons. The van der Waals surface area contributed by atoms with Gasteiger partial charge in [-0.15, -0.1) is 0 Å². The Morgan fingerprint density at radius 2 is 1.44 bits per heavy atom. The molecule has 0 aliphatic rings. The molecule has 0 saturated heterocycles.